The molecule has 10 nitrogen and oxygen atoms in total. The second kappa shape index (κ2) is 19.4. The van der Waals surface area contributed by atoms with Crippen LogP contribution < -0.4 is 10.6 Å². The number of piperidine rings is 1. The van der Waals surface area contributed by atoms with Crippen molar-refractivity contribution >= 4 is 125 Å². The first-order valence-corrected chi connectivity index (χ1v) is 23.6. The van der Waals surface area contributed by atoms with Crippen molar-refractivity contribution in [3.05, 3.63) is 171 Å². The molecule has 3 unspecified atom stereocenters. The van der Waals surface area contributed by atoms with E-state index in [1.54, 1.807) is 36.7 Å². The summed E-state index contributed by atoms with van der Waals surface area (Å²) < 4.78 is 11.8. The molecule has 8 rings (SSSR count). The first kappa shape index (κ1) is 44.1. The van der Waals surface area contributed by atoms with Gasteiger partial charge in [-0.1, -0.05) is 59.2 Å². The van der Waals surface area contributed by atoms with Crippen molar-refractivity contribution < 1.29 is 28.7 Å². The van der Waals surface area contributed by atoms with Crippen LogP contribution in [0.4, 0.5) is 4.79 Å². The van der Waals surface area contributed by atoms with Crippen molar-refractivity contribution in [2.75, 3.05) is 7.11 Å². The van der Waals surface area contributed by atoms with E-state index in [-0.39, 0.29) is 35.2 Å². The van der Waals surface area contributed by atoms with Crippen LogP contribution in [0.25, 0.3) is 0 Å². The number of nitrogens with one attached hydrogen (secondary N) is 2. The third-order valence-corrected chi connectivity index (χ3v) is 15.1. The van der Waals surface area contributed by atoms with Gasteiger partial charge in [-0.05, 0) is 125 Å². The van der Waals surface area contributed by atoms with E-state index in [0.29, 0.717) is 31.2 Å². The Kier molecular flexibility index (Phi) is 14.2. The Labute approximate surface area is 388 Å². The summed E-state index contributed by atoms with van der Waals surface area (Å²) in [5.41, 5.74) is 0.948. The molecule has 2 N–H and O–H groups in total. The van der Waals surface area contributed by atoms with Crippen LogP contribution >= 0.6 is 101 Å². The zero-order valence-corrected chi connectivity index (χ0v) is 39.0. The highest BCUT2D eigenvalue weighted by molar-refractivity contribution is 9.10. The van der Waals surface area contributed by atoms with Crippen LogP contribution in [0.1, 0.15) is 35.4 Å². The lowest BCUT2D eigenvalue weighted by Crippen LogP contribution is -2.58. The highest BCUT2D eigenvalue weighted by atomic mass is 79.9. The van der Waals surface area contributed by atoms with Crippen LogP contribution in [-0.4, -0.2) is 46.1 Å². The number of carbonyl (C=O) groups is 4. The number of aromatic nitrogens is 2. The summed E-state index contributed by atoms with van der Waals surface area (Å²) >= 11 is 24.6. The van der Waals surface area contributed by atoms with Gasteiger partial charge in [-0.15, -0.1) is 11.8 Å². The van der Waals surface area contributed by atoms with Crippen LogP contribution in [0.15, 0.2) is 148 Å². The van der Waals surface area contributed by atoms with Crippen LogP contribution in [-0.2, 0) is 34.9 Å². The molecule has 0 spiro atoms. The maximum absolute atomic E-state index is 13.4. The molecule has 1 fully saturated rings. The van der Waals surface area contributed by atoms with Gasteiger partial charge in [0.2, 0.25) is 5.91 Å². The Bertz CT molecular complexity index is 2550. The number of hydrogen-bond donors (Lipinski definition) is 2. The number of amides is 2. The molecule has 0 radical (unpaired) electrons. The van der Waals surface area contributed by atoms with Crippen molar-refractivity contribution in [2.24, 2.45) is 0 Å². The minimum atomic E-state index is -1.02. The molecule has 0 aliphatic carbocycles. The molecular formula is C42H30Br2Cl2N4O6S4. The van der Waals surface area contributed by atoms with E-state index in [9.17, 15) is 19.2 Å². The summed E-state index contributed by atoms with van der Waals surface area (Å²) in [5.74, 6) is -0.709. The van der Waals surface area contributed by atoms with Gasteiger partial charge in [-0.3, -0.25) is 24.4 Å². The highest BCUT2D eigenvalue weighted by Gasteiger charge is 2.49. The second-order valence-corrected chi connectivity index (χ2v) is 19.5. The molecular weight excluding hydrogens is 1020 g/mol. The van der Waals surface area contributed by atoms with Gasteiger partial charge in [-0.25, -0.2) is 4.79 Å². The largest absolute Gasteiger partial charge is 0.513 e. The Balaban J connectivity index is 0.000000183. The van der Waals surface area contributed by atoms with E-state index in [1.807, 2.05) is 82.2 Å². The number of benzene rings is 2. The summed E-state index contributed by atoms with van der Waals surface area (Å²) in [6.07, 6.45) is 2.71. The number of thioether (sulfide) groups is 2. The molecule has 6 heterocycles. The van der Waals surface area contributed by atoms with Gasteiger partial charge in [0.25, 0.3) is 5.91 Å². The number of ether oxygens (including phenoxy) is 2. The summed E-state index contributed by atoms with van der Waals surface area (Å²) in [6.45, 7) is 0. The minimum absolute atomic E-state index is 0.131. The van der Waals surface area contributed by atoms with E-state index >= 15 is 0 Å². The molecule has 60 heavy (non-hydrogen) atoms. The number of carbonyl (C=O) groups excluding carboxylic acids is 4. The topological polar surface area (TPSA) is 137 Å². The molecule has 0 bridgehead atoms. The van der Waals surface area contributed by atoms with Crippen LogP contribution in [0.5, 0.6) is 0 Å². The Morgan fingerprint density at radius 2 is 1.32 bits per heavy atom. The van der Waals surface area contributed by atoms with Crippen molar-refractivity contribution in [1.82, 2.24) is 20.6 Å². The minimum Gasteiger partial charge on any atom is -0.437 e. The third-order valence-electron chi connectivity index (χ3n) is 9.38. The van der Waals surface area contributed by atoms with E-state index in [4.69, 9.17) is 32.7 Å². The maximum Gasteiger partial charge on any atom is 0.513 e. The average molecular weight is 1050 g/mol. The fraction of sp³-hybridized carbons (Fsp3) is 0.143. The second-order valence-electron chi connectivity index (χ2n) is 13.1. The molecule has 6 aromatic rings. The molecule has 2 aromatic carbocycles. The number of nitrogens with zero attached hydrogens (tertiary/aromatic N) is 2. The molecule has 1 saturated heterocycles. The van der Waals surface area contributed by atoms with Crippen LogP contribution in [0.2, 0.25) is 10.0 Å². The van der Waals surface area contributed by atoms with E-state index in [1.165, 1.54) is 41.5 Å². The van der Waals surface area contributed by atoms with Gasteiger partial charge >= 0.3 is 6.16 Å². The lowest BCUT2D eigenvalue weighted by atomic mass is 9.79. The number of methoxy groups -OCH3 is 1. The van der Waals surface area contributed by atoms with Gasteiger partial charge in [0.05, 0.1) is 28.5 Å². The number of thiophene rings is 2. The molecule has 2 amide bonds. The SMILES string of the molecule is COC(=O)OC1=C(Sc2ccccc2Cl)C(=O)NC(c2ccsc2)(c2ccc(Br)cn2)C1.O=C1CC(c2ccsc2)(c2ccc(Br)cn2)NC(=O)C1Sc1ccccc1Cl. The predicted octanol–water partition coefficient (Wildman–Crippen LogP) is 11.2. The zero-order valence-electron chi connectivity index (χ0n) is 31.0. The van der Waals surface area contributed by atoms with Gasteiger partial charge in [0.15, 0.2) is 5.78 Å². The fourth-order valence-electron chi connectivity index (χ4n) is 6.54. The molecule has 2 aliphatic rings. The monoisotopic (exact) mass is 1040 g/mol. The highest BCUT2D eigenvalue weighted by Crippen LogP contribution is 2.45. The standard InChI is InChI=1S/C22H16BrClN2O4S2.C20H14BrClN2O2S2/c1-29-21(28)30-16-10-22(13-8-9-31-12-13,18-7-6-14(23)11-25-18)26-20(27)19(16)32-17-5-3-2-4-15(17)24;21-13-5-6-17(23-10-13)20(12-7-8-27-11-12)9-15(25)18(19(26)24-20)28-16-4-2-1-3-14(16)22/h2-9,11-12H,10H2,1H3,(H,26,27);1-8,10-11,18H,9H2,(H,24,26). The van der Waals surface area contributed by atoms with Gasteiger partial charge < -0.3 is 20.1 Å². The third kappa shape index (κ3) is 9.55. The summed E-state index contributed by atoms with van der Waals surface area (Å²) in [6, 6.07) is 25.5. The lowest BCUT2D eigenvalue weighted by molar-refractivity contribution is -0.133. The fourth-order valence-corrected chi connectivity index (χ4v) is 10.9. The van der Waals surface area contributed by atoms with E-state index in [2.05, 4.69) is 52.5 Å². The number of rotatable bonds is 9. The number of pyridine rings is 2. The summed E-state index contributed by atoms with van der Waals surface area (Å²) in [7, 11) is 1.22. The summed E-state index contributed by atoms with van der Waals surface area (Å²) in [4.78, 5) is 62.3. The average Bonchev–Trinajstić information content (AvgIpc) is 3.99. The molecule has 2 aliphatic heterocycles. The van der Waals surface area contributed by atoms with Crippen LogP contribution in [0.3, 0.4) is 0 Å². The number of Topliss-reactive ketones (excluding diaryl/α,β-unsaturated/α-hetero) is 1. The lowest BCUT2D eigenvalue weighted by Gasteiger charge is -2.39. The number of halogens is 4. The normalized spacial score (nSPS) is 20.1. The molecule has 4 aromatic heterocycles. The Hall–Kier alpha value is -4.00. The van der Waals surface area contributed by atoms with Gasteiger partial charge in [-0.2, -0.15) is 22.7 Å². The molecule has 0 saturated carbocycles. The Morgan fingerprint density at radius 1 is 0.767 bits per heavy atom. The maximum atomic E-state index is 13.4. The smallest absolute Gasteiger partial charge is 0.437 e. The quantitative estimate of drug-likeness (QED) is 0.106. The summed E-state index contributed by atoms with van der Waals surface area (Å²) in [5, 5.41) is 14.1. The van der Waals surface area contributed by atoms with Gasteiger partial charge in [0, 0.05) is 44.0 Å². The van der Waals surface area contributed by atoms with Crippen molar-refractivity contribution in [3.63, 3.8) is 0 Å². The number of ketones is 1. The predicted molar refractivity (Wildman–Crippen MR) is 244 cm³/mol. The zero-order chi connectivity index (χ0) is 42.4. The molecule has 3 atom stereocenters. The van der Waals surface area contributed by atoms with Crippen molar-refractivity contribution in [1.29, 1.82) is 0 Å². The molecule has 18 heteroatoms. The van der Waals surface area contributed by atoms with E-state index in [0.717, 1.165) is 31.8 Å². The first-order chi connectivity index (χ1) is 28.9. The van der Waals surface area contributed by atoms with Gasteiger partial charge in [0.1, 0.15) is 27.0 Å². The first-order valence-electron chi connectivity index (χ1n) is 17.7. The number of hydrogen-bond acceptors (Lipinski definition) is 12. The Morgan fingerprint density at radius 3 is 1.80 bits per heavy atom. The van der Waals surface area contributed by atoms with E-state index < -0.39 is 28.4 Å². The van der Waals surface area contributed by atoms with Crippen molar-refractivity contribution in [3.8, 4) is 0 Å². The van der Waals surface area contributed by atoms with Crippen LogP contribution in [0, 0.1) is 0 Å². The van der Waals surface area contributed by atoms with Crippen molar-refractivity contribution in [2.45, 2.75) is 39.0 Å². The molecule has 306 valence electrons.